The summed E-state index contributed by atoms with van der Waals surface area (Å²) in [6.45, 7) is 10.5. The summed E-state index contributed by atoms with van der Waals surface area (Å²) >= 11 is 0. The molecule has 0 bridgehead atoms. The van der Waals surface area contributed by atoms with Gasteiger partial charge in [0, 0.05) is 50.7 Å². The lowest BCUT2D eigenvalue weighted by atomic mass is 9.79. The average molecular weight is 462 g/mol. The van der Waals surface area contributed by atoms with E-state index >= 15 is 0 Å². The number of likely N-dealkylation sites (tertiary alicyclic amines) is 1. The molecule has 180 valence electrons. The van der Waals surface area contributed by atoms with Crippen LogP contribution in [-0.4, -0.2) is 51.1 Å². The van der Waals surface area contributed by atoms with Crippen LogP contribution in [0.5, 0.6) is 0 Å². The second-order valence-electron chi connectivity index (χ2n) is 11.4. The van der Waals surface area contributed by atoms with E-state index in [9.17, 15) is 9.59 Å². The minimum absolute atomic E-state index is 0.00155. The maximum absolute atomic E-state index is 13.0. The number of anilines is 1. The maximum atomic E-state index is 13.0. The summed E-state index contributed by atoms with van der Waals surface area (Å²) in [5.41, 5.74) is 2.47. The summed E-state index contributed by atoms with van der Waals surface area (Å²) in [5.74, 6) is 1.05. The van der Waals surface area contributed by atoms with Gasteiger partial charge in [-0.1, -0.05) is 39.0 Å². The molecule has 2 fully saturated rings. The van der Waals surface area contributed by atoms with Gasteiger partial charge in [-0.25, -0.2) is 9.78 Å². The number of aryl methyl sites for hydroxylation is 1. The van der Waals surface area contributed by atoms with E-state index in [1.165, 1.54) is 0 Å². The standard InChI is InChI=1S/C27H35N5O2/c1-26(2,3)17-32-21-11-12-22(28-23(21)29(4)25(32)34)30-15-8-13-27(18-30)14-16-31(19-27)24(33)20-9-6-5-7-10-20/h5-7,9-12H,8,13-19H2,1-4H3. The van der Waals surface area contributed by atoms with Crippen LogP contribution in [0.1, 0.15) is 50.4 Å². The van der Waals surface area contributed by atoms with Crippen molar-refractivity contribution in [1.82, 2.24) is 19.0 Å². The quantitative estimate of drug-likeness (QED) is 0.593. The van der Waals surface area contributed by atoms with Gasteiger partial charge in [-0.05, 0) is 48.9 Å². The van der Waals surface area contributed by atoms with E-state index in [2.05, 4.69) is 31.7 Å². The van der Waals surface area contributed by atoms with Crippen molar-refractivity contribution in [1.29, 1.82) is 0 Å². The first-order valence-electron chi connectivity index (χ1n) is 12.3. The number of hydrogen-bond acceptors (Lipinski definition) is 4. The van der Waals surface area contributed by atoms with Gasteiger partial charge in [0.15, 0.2) is 5.65 Å². The molecule has 3 aromatic rings. The topological polar surface area (TPSA) is 63.4 Å². The maximum Gasteiger partial charge on any atom is 0.330 e. The lowest BCUT2D eigenvalue weighted by molar-refractivity contribution is 0.0767. The van der Waals surface area contributed by atoms with Crippen LogP contribution in [0.25, 0.3) is 11.2 Å². The first kappa shape index (κ1) is 22.7. The van der Waals surface area contributed by atoms with Crippen molar-refractivity contribution in [2.24, 2.45) is 17.9 Å². The van der Waals surface area contributed by atoms with Crippen LogP contribution in [-0.2, 0) is 13.6 Å². The van der Waals surface area contributed by atoms with Crippen molar-refractivity contribution in [2.75, 3.05) is 31.1 Å². The van der Waals surface area contributed by atoms with Crippen LogP contribution in [0.2, 0.25) is 0 Å². The molecule has 0 saturated carbocycles. The zero-order valence-electron chi connectivity index (χ0n) is 20.8. The lowest BCUT2D eigenvalue weighted by Crippen LogP contribution is -2.45. The van der Waals surface area contributed by atoms with Crippen LogP contribution >= 0.6 is 0 Å². The van der Waals surface area contributed by atoms with Crippen LogP contribution < -0.4 is 10.6 Å². The number of pyridine rings is 1. The van der Waals surface area contributed by atoms with E-state index in [4.69, 9.17) is 4.98 Å². The molecule has 2 saturated heterocycles. The minimum atomic E-state index is -0.0180. The Balaban J connectivity index is 1.38. The first-order valence-corrected chi connectivity index (χ1v) is 12.3. The van der Waals surface area contributed by atoms with E-state index in [0.29, 0.717) is 6.54 Å². The third kappa shape index (κ3) is 4.12. The Kier molecular flexibility index (Phi) is 5.53. The van der Waals surface area contributed by atoms with Gasteiger partial charge in [0.05, 0.1) is 5.52 Å². The predicted octanol–water partition coefficient (Wildman–Crippen LogP) is 3.91. The van der Waals surface area contributed by atoms with Crippen molar-refractivity contribution in [3.8, 4) is 0 Å². The smallest absolute Gasteiger partial charge is 0.330 e. The number of fused-ring (bicyclic) bond motifs is 1. The van der Waals surface area contributed by atoms with Crippen molar-refractivity contribution < 1.29 is 4.79 Å². The molecule has 1 amide bonds. The van der Waals surface area contributed by atoms with Gasteiger partial charge in [0.25, 0.3) is 5.91 Å². The van der Waals surface area contributed by atoms with Gasteiger partial charge in [-0.15, -0.1) is 0 Å². The molecular formula is C27H35N5O2. The second-order valence-corrected chi connectivity index (χ2v) is 11.4. The van der Waals surface area contributed by atoms with E-state index in [0.717, 1.165) is 68.0 Å². The number of carbonyl (C=O) groups is 1. The molecule has 1 atom stereocenters. The summed E-state index contributed by atoms with van der Waals surface area (Å²) in [6.07, 6.45) is 3.23. The summed E-state index contributed by atoms with van der Waals surface area (Å²) < 4.78 is 3.51. The molecule has 1 unspecified atom stereocenters. The van der Waals surface area contributed by atoms with Crippen molar-refractivity contribution >= 4 is 22.9 Å². The number of aromatic nitrogens is 3. The second kappa shape index (κ2) is 8.29. The number of piperidine rings is 1. The number of nitrogens with zero attached hydrogens (tertiary/aromatic N) is 5. The highest BCUT2D eigenvalue weighted by Crippen LogP contribution is 2.40. The lowest BCUT2D eigenvalue weighted by Gasteiger charge is -2.41. The van der Waals surface area contributed by atoms with Crippen LogP contribution in [0.15, 0.2) is 47.3 Å². The Hall–Kier alpha value is -3.09. The zero-order valence-corrected chi connectivity index (χ0v) is 20.8. The molecule has 1 spiro atoms. The van der Waals surface area contributed by atoms with Gasteiger partial charge in [-0.3, -0.25) is 13.9 Å². The van der Waals surface area contributed by atoms with Crippen molar-refractivity contribution in [3.05, 3.63) is 58.5 Å². The summed E-state index contributed by atoms with van der Waals surface area (Å²) in [7, 11) is 1.81. The van der Waals surface area contributed by atoms with E-state index in [1.807, 2.05) is 52.9 Å². The molecule has 0 N–H and O–H groups in total. The van der Waals surface area contributed by atoms with Gasteiger partial charge in [0.1, 0.15) is 5.82 Å². The zero-order chi connectivity index (χ0) is 24.1. The Morgan fingerprint density at radius 1 is 1.03 bits per heavy atom. The fraction of sp³-hybridized carbons (Fsp3) is 0.519. The number of rotatable bonds is 3. The number of hydrogen-bond donors (Lipinski definition) is 0. The normalized spacial score (nSPS) is 21.1. The minimum Gasteiger partial charge on any atom is -0.356 e. The first-order chi connectivity index (χ1) is 16.2. The average Bonchev–Trinajstić information content (AvgIpc) is 3.32. The highest BCUT2D eigenvalue weighted by Gasteiger charge is 2.43. The third-order valence-corrected chi connectivity index (χ3v) is 7.33. The van der Waals surface area contributed by atoms with Crippen LogP contribution in [0.4, 0.5) is 5.82 Å². The highest BCUT2D eigenvalue weighted by atomic mass is 16.2. The van der Waals surface area contributed by atoms with Gasteiger partial charge in [-0.2, -0.15) is 0 Å². The molecule has 0 radical (unpaired) electrons. The summed E-state index contributed by atoms with van der Waals surface area (Å²) in [4.78, 5) is 35.2. The molecule has 0 aliphatic carbocycles. The monoisotopic (exact) mass is 461 g/mol. The Morgan fingerprint density at radius 2 is 1.79 bits per heavy atom. The van der Waals surface area contributed by atoms with Crippen molar-refractivity contribution in [3.63, 3.8) is 0 Å². The number of amides is 1. The van der Waals surface area contributed by atoms with Gasteiger partial charge < -0.3 is 9.80 Å². The predicted molar refractivity (Wildman–Crippen MR) is 135 cm³/mol. The molecule has 7 nitrogen and oxygen atoms in total. The fourth-order valence-electron chi connectivity index (χ4n) is 5.67. The molecule has 7 heteroatoms. The number of carbonyl (C=O) groups excluding carboxylic acids is 1. The van der Waals surface area contributed by atoms with Gasteiger partial charge >= 0.3 is 5.69 Å². The van der Waals surface area contributed by atoms with E-state index in [1.54, 1.807) is 4.57 Å². The molecule has 2 aliphatic rings. The molecule has 2 aromatic heterocycles. The number of imidazole rings is 1. The molecular weight excluding hydrogens is 426 g/mol. The fourth-order valence-corrected chi connectivity index (χ4v) is 5.67. The largest absolute Gasteiger partial charge is 0.356 e. The van der Waals surface area contributed by atoms with Crippen LogP contribution in [0, 0.1) is 10.8 Å². The number of benzene rings is 1. The molecule has 2 aliphatic heterocycles. The SMILES string of the molecule is Cn1c(=O)n(CC(C)(C)C)c2ccc(N3CCCC4(CCN(C(=O)c5ccccc5)C4)C3)nc21. The molecule has 34 heavy (non-hydrogen) atoms. The van der Waals surface area contributed by atoms with Gasteiger partial charge in [0.2, 0.25) is 0 Å². The molecule has 1 aromatic carbocycles. The highest BCUT2D eigenvalue weighted by molar-refractivity contribution is 5.94. The van der Waals surface area contributed by atoms with E-state index in [-0.39, 0.29) is 22.4 Å². The molecule has 5 rings (SSSR count). The van der Waals surface area contributed by atoms with Crippen LogP contribution in [0.3, 0.4) is 0 Å². The Bertz CT molecular complexity index is 1270. The van der Waals surface area contributed by atoms with Crippen molar-refractivity contribution in [2.45, 2.75) is 46.6 Å². The summed E-state index contributed by atoms with van der Waals surface area (Å²) in [6, 6.07) is 13.7. The molecule has 4 heterocycles. The third-order valence-electron chi connectivity index (χ3n) is 7.33. The summed E-state index contributed by atoms with van der Waals surface area (Å²) in [5, 5.41) is 0. The Labute approximate surface area is 201 Å². The van der Waals surface area contributed by atoms with E-state index < -0.39 is 0 Å². The Morgan fingerprint density at radius 3 is 2.53 bits per heavy atom.